The first kappa shape index (κ1) is 15.5. The number of hydrogen-bond donors (Lipinski definition) is 2. The first-order chi connectivity index (χ1) is 10.6. The lowest BCUT2D eigenvalue weighted by Crippen LogP contribution is -2.21. The summed E-state index contributed by atoms with van der Waals surface area (Å²) in [6, 6.07) is 12.2. The van der Waals surface area contributed by atoms with Crippen LogP contribution in [-0.4, -0.2) is 25.5 Å². The Labute approximate surface area is 127 Å². The molecule has 0 aliphatic carbocycles. The van der Waals surface area contributed by atoms with Crippen molar-refractivity contribution in [3.05, 3.63) is 59.9 Å². The minimum absolute atomic E-state index is 0.0209. The summed E-state index contributed by atoms with van der Waals surface area (Å²) in [5, 5.41) is 5.10. The van der Waals surface area contributed by atoms with Gasteiger partial charge in [-0.15, -0.1) is 0 Å². The first-order valence-corrected chi connectivity index (χ1v) is 6.59. The maximum absolute atomic E-state index is 13.3. The number of halogens is 1. The SMILES string of the molecule is CNC(=O)c1ccc(NC(=O)COc2ccccc2F)cc1. The van der Waals surface area contributed by atoms with Crippen molar-refractivity contribution in [2.24, 2.45) is 0 Å². The summed E-state index contributed by atoms with van der Waals surface area (Å²) in [6.45, 7) is -0.307. The van der Waals surface area contributed by atoms with Crippen molar-refractivity contribution in [1.82, 2.24) is 5.32 Å². The Balaban J connectivity index is 1.89. The molecule has 0 heterocycles. The van der Waals surface area contributed by atoms with Gasteiger partial charge in [0.15, 0.2) is 18.2 Å². The molecule has 0 fully saturated rings. The second kappa shape index (κ2) is 7.21. The van der Waals surface area contributed by atoms with E-state index in [1.807, 2.05) is 0 Å². The van der Waals surface area contributed by atoms with Crippen molar-refractivity contribution < 1.29 is 18.7 Å². The fourth-order valence-electron chi connectivity index (χ4n) is 1.75. The van der Waals surface area contributed by atoms with Gasteiger partial charge in [-0.05, 0) is 36.4 Å². The fourth-order valence-corrected chi connectivity index (χ4v) is 1.75. The average molecular weight is 302 g/mol. The second-order valence-corrected chi connectivity index (χ2v) is 4.42. The van der Waals surface area contributed by atoms with Crippen LogP contribution in [0.25, 0.3) is 0 Å². The molecule has 2 rings (SSSR count). The van der Waals surface area contributed by atoms with Crippen molar-refractivity contribution >= 4 is 17.5 Å². The van der Waals surface area contributed by atoms with Crippen LogP contribution in [0.15, 0.2) is 48.5 Å². The van der Waals surface area contributed by atoms with Crippen LogP contribution in [-0.2, 0) is 4.79 Å². The fraction of sp³-hybridized carbons (Fsp3) is 0.125. The number of benzene rings is 2. The third-order valence-electron chi connectivity index (χ3n) is 2.85. The van der Waals surface area contributed by atoms with Gasteiger partial charge in [0.2, 0.25) is 0 Å². The molecular formula is C16H15FN2O3. The van der Waals surface area contributed by atoms with Gasteiger partial charge in [-0.1, -0.05) is 12.1 Å². The van der Waals surface area contributed by atoms with E-state index in [1.165, 1.54) is 25.2 Å². The predicted molar refractivity (Wildman–Crippen MR) is 80.4 cm³/mol. The Morgan fingerprint density at radius 3 is 2.41 bits per heavy atom. The summed E-state index contributed by atoms with van der Waals surface area (Å²) in [5.74, 6) is -1.13. The Morgan fingerprint density at radius 1 is 1.09 bits per heavy atom. The Kier molecular flexibility index (Phi) is 5.08. The van der Waals surface area contributed by atoms with Crippen LogP contribution in [0.3, 0.4) is 0 Å². The van der Waals surface area contributed by atoms with Crippen molar-refractivity contribution in [1.29, 1.82) is 0 Å². The molecular weight excluding hydrogens is 287 g/mol. The Hall–Kier alpha value is -2.89. The van der Waals surface area contributed by atoms with E-state index in [2.05, 4.69) is 10.6 Å². The van der Waals surface area contributed by atoms with Gasteiger partial charge in [0.05, 0.1) is 0 Å². The van der Waals surface area contributed by atoms with Crippen LogP contribution in [0.4, 0.5) is 10.1 Å². The van der Waals surface area contributed by atoms with E-state index in [0.29, 0.717) is 11.3 Å². The number of para-hydroxylation sites is 1. The minimum Gasteiger partial charge on any atom is -0.481 e. The van der Waals surface area contributed by atoms with E-state index in [-0.39, 0.29) is 18.3 Å². The van der Waals surface area contributed by atoms with E-state index in [1.54, 1.807) is 30.3 Å². The topological polar surface area (TPSA) is 67.4 Å². The largest absolute Gasteiger partial charge is 0.481 e. The molecule has 2 amide bonds. The van der Waals surface area contributed by atoms with Crippen LogP contribution in [0.2, 0.25) is 0 Å². The number of rotatable bonds is 5. The van der Waals surface area contributed by atoms with Gasteiger partial charge in [-0.2, -0.15) is 0 Å². The molecule has 114 valence electrons. The number of anilines is 1. The minimum atomic E-state index is -0.523. The van der Waals surface area contributed by atoms with E-state index in [4.69, 9.17) is 4.74 Å². The molecule has 0 aromatic heterocycles. The van der Waals surface area contributed by atoms with E-state index in [0.717, 1.165) is 0 Å². The van der Waals surface area contributed by atoms with Gasteiger partial charge in [0.1, 0.15) is 0 Å². The van der Waals surface area contributed by atoms with Crippen LogP contribution in [0.1, 0.15) is 10.4 Å². The van der Waals surface area contributed by atoms with Crippen LogP contribution < -0.4 is 15.4 Å². The number of ether oxygens (including phenoxy) is 1. The van der Waals surface area contributed by atoms with Crippen LogP contribution in [0, 0.1) is 5.82 Å². The standard InChI is InChI=1S/C16H15FN2O3/c1-18-16(21)11-6-8-12(9-7-11)19-15(20)10-22-14-5-3-2-4-13(14)17/h2-9H,10H2,1H3,(H,18,21)(H,19,20). The van der Waals surface area contributed by atoms with Crippen molar-refractivity contribution in [3.8, 4) is 5.75 Å². The molecule has 0 saturated heterocycles. The number of carbonyl (C=O) groups excluding carboxylic acids is 2. The summed E-state index contributed by atoms with van der Waals surface area (Å²) in [7, 11) is 1.54. The third kappa shape index (κ3) is 4.05. The zero-order chi connectivity index (χ0) is 15.9. The first-order valence-electron chi connectivity index (χ1n) is 6.59. The molecule has 2 N–H and O–H groups in total. The summed E-state index contributed by atoms with van der Waals surface area (Å²) in [4.78, 5) is 23.1. The molecule has 5 nitrogen and oxygen atoms in total. The van der Waals surface area contributed by atoms with Crippen LogP contribution in [0.5, 0.6) is 5.75 Å². The highest BCUT2D eigenvalue weighted by Gasteiger charge is 2.07. The van der Waals surface area contributed by atoms with Gasteiger partial charge in [0, 0.05) is 18.3 Å². The normalized spacial score (nSPS) is 9.91. The highest BCUT2D eigenvalue weighted by molar-refractivity contribution is 5.95. The zero-order valence-electron chi connectivity index (χ0n) is 11.9. The Bertz CT molecular complexity index is 671. The molecule has 6 heteroatoms. The summed E-state index contributed by atoms with van der Waals surface area (Å²) < 4.78 is 18.4. The van der Waals surface area contributed by atoms with Gasteiger partial charge in [0.25, 0.3) is 11.8 Å². The summed E-state index contributed by atoms with van der Waals surface area (Å²) in [6.07, 6.45) is 0. The average Bonchev–Trinajstić information content (AvgIpc) is 2.54. The van der Waals surface area contributed by atoms with Gasteiger partial charge < -0.3 is 15.4 Å². The molecule has 0 spiro atoms. The number of amides is 2. The lowest BCUT2D eigenvalue weighted by atomic mass is 10.2. The zero-order valence-corrected chi connectivity index (χ0v) is 11.9. The van der Waals surface area contributed by atoms with E-state index < -0.39 is 11.7 Å². The molecule has 0 atom stereocenters. The Morgan fingerprint density at radius 2 is 1.77 bits per heavy atom. The lowest BCUT2D eigenvalue weighted by Gasteiger charge is -2.08. The number of carbonyl (C=O) groups is 2. The molecule has 0 saturated carbocycles. The molecule has 22 heavy (non-hydrogen) atoms. The smallest absolute Gasteiger partial charge is 0.262 e. The van der Waals surface area contributed by atoms with Gasteiger partial charge >= 0.3 is 0 Å². The molecule has 0 radical (unpaired) electrons. The van der Waals surface area contributed by atoms with Crippen molar-refractivity contribution in [2.75, 3.05) is 19.0 Å². The predicted octanol–water partition coefficient (Wildman–Crippen LogP) is 2.20. The molecule has 0 unspecified atom stereocenters. The molecule has 0 aliphatic rings. The van der Waals surface area contributed by atoms with Crippen molar-refractivity contribution in [2.45, 2.75) is 0 Å². The molecule has 0 bridgehead atoms. The monoisotopic (exact) mass is 302 g/mol. The maximum Gasteiger partial charge on any atom is 0.262 e. The van der Waals surface area contributed by atoms with Crippen LogP contribution >= 0.6 is 0 Å². The lowest BCUT2D eigenvalue weighted by molar-refractivity contribution is -0.118. The van der Waals surface area contributed by atoms with Gasteiger partial charge in [-0.25, -0.2) is 4.39 Å². The molecule has 0 aliphatic heterocycles. The summed E-state index contributed by atoms with van der Waals surface area (Å²) >= 11 is 0. The van der Waals surface area contributed by atoms with Crippen molar-refractivity contribution in [3.63, 3.8) is 0 Å². The van der Waals surface area contributed by atoms with E-state index in [9.17, 15) is 14.0 Å². The highest BCUT2D eigenvalue weighted by Crippen LogP contribution is 2.15. The number of hydrogen-bond acceptors (Lipinski definition) is 3. The third-order valence-corrected chi connectivity index (χ3v) is 2.85. The highest BCUT2D eigenvalue weighted by atomic mass is 19.1. The number of nitrogens with one attached hydrogen (secondary N) is 2. The van der Waals surface area contributed by atoms with Gasteiger partial charge in [-0.3, -0.25) is 9.59 Å². The maximum atomic E-state index is 13.3. The van der Waals surface area contributed by atoms with E-state index >= 15 is 0 Å². The quantitative estimate of drug-likeness (QED) is 0.890. The molecule has 2 aromatic rings. The molecule has 2 aromatic carbocycles. The second-order valence-electron chi connectivity index (χ2n) is 4.42. The summed E-state index contributed by atoms with van der Waals surface area (Å²) in [5.41, 5.74) is 1.01.